The van der Waals surface area contributed by atoms with Crippen molar-refractivity contribution in [2.24, 2.45) is 5.73 Å². The number of aromatic nitrogens is 2. The van der Waals surface area contributed by atoms with E-state index in [1.54, 1.807) is 0 Å². The zero-order valence-corrected chi connectivity index (χ0v) is 11.1. The lowest BCUT2D eigenvalue weighted by Crippen LogP contribution is -2.08. The Kier molecular flexibility index (Phi) is 3.77. The normalized spacial score (nSPS) is 12.7. The van der Waals surface area contributed by atoms with Crippen molar-refractivity contribution >= 4 is 0 Å². The van der Waals surface area contributed by atoms with Crippen molar-refractivity contribution in [1.82, 2.24) is 10.2 Å². The Bertz CT molecular complexity index is 534. The van der Waals surface area contributed by atoms with Crippen LogP contribution in [0, 0.1) is 13.8 Å². The molecule has 0 amide bonds. The number of nitrogens with two attached hydrogens (primary N) is 1. The van der Waals surface area contributed by atoms with Crippen molar-refractivity contribution in [3.8, 4) is 0 Å². The molecule has 1 aromatic heterocycles. The highest BCUT2D eigenvalue weighted by atomic mass is 16.4. The first-order chi connectivity index (χ1) is 8.60. The first-order valence-electron chi connectivity index (χ1n) is 6.24. The van der Waals surface area contributed by atoms with Crippen molar-refractivity contribution in [3.05, 3.63) is 46.7 Å². The summed E-state index contributed by atoms with van der Waals surface area (Å²) in [4.78, 5) is 0. The van der Waals surface area contributed by atoms with Gasteiger partial charge in [0.2, 0.25) is 11.8 Å². The molecule has 1 aromatic carbocycles. The Hall–Kier alpha value is -1.68. The molecule has 0 saturated heterocycles. The average Bonchev–Trinajstić information content (AvgIpc) is 2.81. The Morgan fingerprint density at radius 3 is 2.78 bits per heavy atom. The minimum absolute atomic E-state index is 0.162. The highest BCUT2D eigenvalue weighted by Gasteiger charge is 2.13. The number of hydrogen-bond donors (Lipinski definition) is 1. The molecule has 2 N–H and O–H groups in total. The van der Waals surface area contributed by atoms with Crippen molar-refractivity contribution in [3.63, 3.8) is 0 Å². The second kappa shape index (κ2) is 5.31. The molecule has 0 fully saturated rings. The molecule has 2 aromatic rings. The largest absolute Gasteiger partial charge is 0.423 e. The van der Waals surface area contributed by atoms with Crippen LogP contribution in [-0.4, -0.2) is 10.2 Å². The quantitative estimate of drug-likeness (QED) is 0.899. The van der Waals surface area contributed by atoms with Gasteiger partial charge in [-0.3, -0.25) is 0 Å². The third-order valence-corrected chi connectivity index (χ3v) is 3.09. The van der Waals surface area contributed by atoms with Crippen LogP contribution in [0.2, 0.25) is 0 Å². The van der Waals surface area contributed by atoms with E-state index in [1.807, 2.05) is 6.92 Å². The van der Waals surface area contributed by atoms with E-state index in [1.165, 1.54) is 16.7 Å². The van der Waals surface area contributed by atoms with E-state index >= 15 is 0 Å². The molecule has 0 radical (unpaired) electrons. The molecule has 0 spiro atoms. The minimum atomic E-state index is -0.162. The molecule has 0 saturated carbocycles. The van der Waals surface area contributed by atoms with Crippen molar-refractivity contribution in [2.75, 3.05) is 0 Å². The fraction of sp³-hybridized carbons (Fsp3) is 0.429. The van der Waals surface area contributed by atoms with Gasteiger partial charge < -0.3 is 10.2 Å². The maximum atomic E-state index is 5.86. The molecule has 18 heavy (non-hydrogen) atoms. The molecule has 0 aliphatic rings. The van der Waals surface area contributed by atoms with Crippen LogP contribution in [0.4, 0.5) is 0 Å². The number of nitrogens with zero attached hydrogens (tertiary/aromatic N) is 2. The average molecular weight is 245 g/mol. The van der Waals surface area contributed by atoms with E-state index < -0.39 is 0 Å². The lowest BCUT2D eigenvalue weighted by atomic mass is 10.0. The van der Waals surface area contributed by atoms with Crippen LogP contribution in [0.1, 0.15) is 47.9 Å². The van der Waals surface area contributed by atoms with E-state index in [0.29, 0.717) is 18.2 Å². The monoisotopic (exact) mass is 245 g/mol. The van der Waals surface area contributed by atoms with Gasteiger partial charge in [-0.1, -0.05) is 30.7 Å². The van der Waals surface area contributed by atoms with Crippen molar-refractivity contribution < 1.29 is 4.42 Å². The van der Waals surface area contributed by atoms with E-state index in [4.69, 9.17) is 10.2 Å². The topological polar surface area (TPSA) is 64.9 Å². The van der Waals surface area contributed by atoms with Gasteiger partial charge in [0, 0.05) is 0 Å². The van der Waals surface area contributed by atoms with Crippen LogP contribution in [0.5, 0.6) is 0 Å². The summed E-state index contributed by atoms with van der Waals surface area (Å²) < 4.78 is 5.59. The van der Waals surface area contributed by atoms with Gasteiger partial charge in [0.15, 0.2) is 0 Å². The summed E-state index contributed by atoms with van der Waals surface area (Å²) in [7, 11) is 0. The number of hydrogen-bond acceptors (Lipinski definition) is 4. The Morgan fingerprint density at radius 1 is 1.28 bits per heavy atom. The van der Waals surface area contributed by atoms with Crippen molar-refractivity contribution in [2.45, 2.75) is 39.7 Å². The standard InChI is InChI=1S/C14H19N3O/c1-4-12(15)14-17-16-13(18-14)8-11-7-9(2)5-6-10(11)3/h5-7,12H,4,8,15H2,1-3H3. The summed E-state index contributed by atoms with van der Waals surface area (Å²) in [5.41, 5.74) is 9.55. The summed E-state index contributed by atoms with van der Waals surface area (Å²) in [6, 6.07) is 6.20. The maximum absolute atomic E-state index is 5.86. The van der Waals surface area contributed by atoms with Gasteiger partial charge in [-0.2, -0.15) is 0 Å². The number of benzene rings is 1. The van der Waals surface area contributed by atoms with Crippen LogP contribution >= 0.6 is 0 Å². The van der Waals surface area contributed by atoms with Crippen LogP contribution in [-0.2, 0) is 6.42 Å². The number of rotatable bonds is 4. The highest BCUT2D eigenvalue weighted by Crippen LogP contribution is 2.17. The summed E-state index contributed by atoms with van der Waals surface area (Å²) in [5, 5.41) is 8.05. The predicted octanol–water partition coefficient (Wildman–Crippen LogP) is 2.69. The zero-order chi connectivity index (χ0) is 13.1. The number of aryl methyl sites for hydroxylation is 2. The Labute approximate surface area is 107 Å². The lowest BCUT2D eigenvalue weighted by molar-refractivity contribution is 0.418. The summed E-state index contributed by atoms with van der Waals surface area (Å²) in [5.74, 6) is 1.15. The van der Waals surface area contributed by atoms with Crippen LogP contribution in [0.3, 0.4) is 0 Å². The molecule has 96 valence electrons. The summed E-state index contributed by atoms with van der Waals surface area (Å²) >= 11 is 0. The molecule has 1 atom stereocenters. The van der Waals surface area contributed by atoms with E-state index in [2.05, 4.69) is 42.2 Å². The lowest BCUT2D eigenvalue weighted by Gasteiger charge is -2.04. The molecule has 2 rings (SSSR count). The van der Waals surface area contributed by atoms with Crippen LogP contribution < -0.4 is 5.73 Å². The Morgan fingerprint density at radius 2 is 2.06 bits per heavy atom. The van der Waals surface area contributed by atoms with Crippen molar-refractivity contribution in [1.29, 1.82) is 0 Å². The molecule has 4 heteroatoms. The Balaban J connectivity index is 2.18. The molecule has 1 heterocycles. The van der Waals surface area contributed by atoms with Gasteiger partial charge in [-0.25, -0.2) is 0 Å². The summed E-state index contributed by atoms with van der Waals surface area (Å²) in [6.45, 7) is 6.16. The van der Waals surface area contributed by atoms with E-state index in [9.17, 15) is 0 Å². The molecule has 0 aliphatic carbocycles. The van der Waals surface area contributed by atoms with Gasteiger partial charge in [-0.05, 0) is 31.4 Å². The first-order valence-corrected chi connectivity index (χ1v) is 6.24. The summed E-state index contributed by atoms with van der Waals surface area (Å²) in [6.07, 6.45) is 1.46. The zero-order valence-electron chi connectivity index (χ0n) is 11.1. The van der Waals surface area contributed by atoms with E-state index in [0.717, 1.165) is 6.42 Å². The highest BCUT2D eigenvalue weighted by molar-refractivity contribution is 5.32. The van der Waals surface area contributed by atoms with Gasteiger partial charge >= 0.3 is 0 Å². The fourth-order valence-corrected chi connectivity index (χ4v) is 1.82. The van der Waals surface area contributed by atoms with Gasteiger partial charge in [0.1, 0.15) is 0 Å². The third-order valence-electron chi connectivity index (χ3n) is 3.09. The smallest absolute Gasteiger partial charge is 0.233 e. The molecular formula is C14H19N3O. The van der Waals surface area contributed by atoms with Crippen LogP contribution in [0.15, 0.2) is 22.6 Å². The van der Waals surface area contributed by atoms with Gasteiger partial charge in [0.25, 0.3) is 0 Å². The van der Waals surface area contributed by atoms with Gasteiger partial charge in [-0.15, -0.1) is 10.2 Å². The molecule has 1 unspecified atom stereocenters. The van der Waals surface area contributed by atoms with Crippen LogP contribution in [0.25, 0.3) is 0 Å². The molecule has 0 bridgehead atoms. The third kappa shape index (κ3) is 2.76. The SMILES string of the molecule is CCC(N)c1nnc(Cc2cc(C)ccc2C)o1. The first kappa shape index (κ1) is 12.8. The van der Waals surface area contributed by atoms with Gasteiger partial charge in [0.05, 0.1) is 12.5 Å². The molecule has 4 nitrogen and oxygen atoms in total. The fourth-order valence-electron chi connectivity index (χ4n) is 1.82. The van der Waals surface area contributed by atoms with E-state index in [-0.39, 0.29) is 6.04 Å². The second-order valence-corrected chi connectivity index (χ2v) is 4.66. The minimum Gasteiger partial charge on any atom is -0.423 e. The maximum Gasteiger partial charge on any atom is 0.233 e. The molecule has 0 aliphatic heterocycles. The predicted molar refractivity (Wildman–Crippen MR) is 70.2 cm³/mol. The molecular weight excluding hydrogens is 226 g/mol. The second-order valence-electron chi connectivity index (χ2n) is 4.66.